The first kappa shape index (κ1) is 12.8. The van der Waals surface area contributed by atoms with Gasteiger partial charge in [-0.25, -0.2) is 13.2 Å². The summed E-state index contributed by atoms with van der Waals surface area (Å²) in [6, 6.07) is 7.25. The van der Waals surface area contributed by atoms with E-state index in [-0.39, 0.29) is 0 Å². The Hall–Kier alpha value is -1.19. The minimum absolute atomic E-state index is 0.577. The lowest BCUT2D eigenvalue weighted by molar-refractivity contribution is 0.171. The fourth-order valence-electron chi connectivity index (χ4n) is 0.697. The Balaban J connectivity index is 0.000000364. The Labute approximate surface area is 81.5 Å². The molecule has 4 heteroatoms. The van der Waals surface area contributed by atoms with E-state index in [1.54, 1.807) is 12.1 Å². The van der Waals surface area contributed by atoms with Crippen LogP contribution in [-0.4, -0.2) is 13.3 Å². The summed E-state index contributed by atoms with van der Waals surface area (Å²) in [6.45, 7) is 2.04. The Morgan fingerprint density at radius 2 is 1.64 bits per heavy atom. The summed E-state index contributed by atoms with van der Waals surface area (Å²) in [4.78, 5) is 0. The van der Waals surface area contributed by atoms with Crippen LogP contribution in [0.15, 0.2) is 24.3 Å². The number of benzene rings is 1. The highest BCUT2D eigenvalue weighted by Crippen LogP contribution is 2.10. The van der Waals surface area contributed by atoms with Gasteiger partial charge in [0, 0.05) is 0 Å². The van der Waals surface area contributed by atoms with Crippen molar-refractivity contribution in [2.24, 2.45) is 0 Å². The Morgan fingerprint density at radius 3 is 2.00 bits per heavy atom. The lowest BCUT2D eigenvalue weighted by Crippen LogP contribution is -1.88. The first-order valence-corrected chi connectivity index (χ1v) is 4.10. The van der Waals surface area contributed by atoms with Crippen molar-refractivity contribution >= 4 is 0 Å². The molecule has 14 heavy (non-hydrogen) atoms. The molecule has 0 bridgehead atoms. The molecule has 0 N–H and O–H groups in total. The molecular formula is C10H13F3O. The van der Waals surface area contributed by atoms with Crippen molar-refractivity contribution in [3.63, 3.8) is 0 Å². The van der Waals surface area contributed by atoms with Crippen LogP contribution in [0.4, 0.5) is 13.2 Å². The maximum absolute atomic E-state index is 11.6. The first-order valence-electron chi connectivity index (χ1n) is 4.10. The van der Waals surface area contributed by atoms with Gasteiger partial charge in [0.15, 0.2) is 0 Å². The van der Waals surface area contributed by atoms with E-state index >= 15 is 0 Å². The van der Waals surface area contributed by atoms with E-state index in [0.29, 0.717) is 5.75 Å². The summed E-state index contributed by atoms with van der Waals surface area (Å²) in [7, 11) is 0. The topological polar surface area (TPSA) is 9.23 Å². The van der Waals surface area contributed by atoms with Crippen LogP contribution < -0.4 is 4.74 Å². The zero-order chi connectivity index (χ0) is 11.0. The van der Waals surface area contributed by atoms with Crippen LogP contribution in [0.25, 0.3) is 0 Å². The second kappa shape index (κ2) is 7.24. The third-order valence-corrected chi connectivity index (χ3v) is 1.24. The first-order chi connectivity index (χ1) is 6.56. The molecule has 0 spiro atoms. The molecule has 0 unspecified atom stereocenters. The van der Waals surface area contributed by atoms with Crippen molar-refractivity contribution in [3.8, 4) is 5.75 Å². The highest BCUT2D eigenvalue weighted by molar-refractivity contribution is 5.25. The molecule has 0 aliphatic rings. The summed E-state index contributed by atoms with van der Waals surface area (Å²) < 4.78 is 36.8. The minimum Gasteiger partial charge on any atom is -0.463 e. The normalized spacial score (nSPS) is 9.29. The zero-order valence-electron chi connectivity index (χ0n) is 8.14. The highest BCUT2D eigenvalue weighted by Gasteiger charge is 1.89. The molecule has 0 radical (unpaired) electrons. The maximum Gasteiger partial charge on any atom is 0.235 e. The molecule has 1 nitrogen and oxygen atoms in total. The lowest BCUT2D eigenvalue weighted by Gasteiger charge is -1.99. The zero-order valence-corrected chi connectivity index (χ0v) is 8.14. The fourth-order valence-corrected chi connectivity index (χ4v) is 0.697. The van der Waals surface area contributed by atoms with E-state index in [0.717, 1.165) is 12.5 Å². The van der Waals surface area contributed by atoms with E-state index in [9.17, 15) is 13.2 Å². The number of hydrogen-bond acceptors (Lipinski definition) is 1. The highest BCUT2D eigenvalue weighted by atomic mass is 19.3. The van der Waals surface area contributed by atoms with E-state index in [1.165, 1.54) is 0 Å². The standard InChI is InChI=1S/C8H9FO.C2H4F2/c1-7-2-4-8(5-3-7)10-6-9;1-2(3)4/h2-5H,6H2,1H3;2H,1H3. The van der Waals surface area contributed by atoms with E-state index < -0.39 is 13.3 Å². The molecule has 0 heterocycles. The van der Waals surface area contributed by atoms with Crippen LogP contribution in [0.3, 0.4) is 0 Å². The summed E-state index contributed by atoms with van der Waals surface area (Å²) in [5.74, 6) is 0.577. The molecule has 0 aliphatic heterocycles. The molecule has 0 aromatic heterocycles. The van der Waals surface area contributed by atoms with Gasteiger partial charge in [-0.15, -0.1) is 0 Å². The number of rotatable bonds is 2. The molecule has 80 valence electrons. The van der Waals surface area contributed by atoms with Gasteiger partial charge < -0.3 is 4.74 Å². The van der Waals surface area contributed by atoms with Crippen molar-refractivity contribution in [3.05, 3.63) is 29.8 Å². The van der Waals surface area contributed by atoms with Crippen LogP contribution in [0.1, 0.15) is 12.5 Å². The molecule has 1 aromatic carbocycles. The number of ether oxygens (including phenoxy) is 1. The monoisotopic (exact) mass is 206 g/mol. The summed E-state index contributed by atoms with van der Waals surface area (Å²) >= 11 is 0. The van der Waals surface area contributed by atoms with Crippen LogP contribution in [0, 0.1) is 6.92 Å². The van der Waals surface area contributed by atoms with Crippen LogP contribution >= 0.6 is 0 Å². The van der Waals surface area contributed by atoms with Crippen molar-refractivity contribution < 1.29 is 17.9 Å². The Bertz CT molecular complexity index is 231. The summed E-state index contributed by atoms with van der Waals surface area (Å²) in [5, 5.41) is 0. The third kappa shape index (κ3) is 7.46. The molecule has 0 saturated carbocycles. The molecule has 0 amide bonds. The molecule has 0 fully saturated rings. The van der Waals surface area contributed by atoms with Crippen LogP contribution in [-0.2, 0) is 0 Å². The van der Waals surface area contributed by atoms with Crippen molar-refractivity contribution in [1.29, 1.82) is 0 Å². The minimum atomic E-state index is -2.17. The van der Waals surface area contributed by atoms with E-state index in [4.69, 9.17) is 0 Å². The Morgan fingerprint density at radius 1 is 1.21 bits per heavy atom. The quantitative estimate of drug-likeness (QED) is 0.718. The molecule has 0 atom stereocenters. The number of halogens is 3. The van der Waals surface area contributed by atoms with Gasteiger partial charge in [-0.05, 0) is 26.0 Å². The lowest BCUT2D eigenvalue weighted by atomic mass is 10.2. The van der Waals surface area contributed by atoms with Gasteiger partial charge >= 0.3 is 0 Å². The molecule has 1 rings (SSSR count). The SMILES string of the molecule is CC(F)F.Cc1ccc(OCF)cc1. The van der Waals surface area contributed by atoms with Gasteiger partial charge in [-0.3, -0.25) is 0 Å². The van der Waals surface area contributed by atoms with Crippen LogP contribution in [0.5, 0.6) is 5.75 Å². The average molecular weight is 206 g/mol. The molecule has 0 saturated heterocycles. The molecule has 1 aromatic rings. The smallest absolute Gasteiger partial charge is 0.235 e. The third-order valence-electron chi connectivity index (χ3n) is 1.24. The van der Waals surface area contributed by atoms with E-state index in [1.807, 2.05) is 19.1 Å². The largest absolute Gasteiger partial charge is 0.463 e. The van der Waals surface area contributed by atoms with Gasteiger partial charge in [0.05, 0.1) is 0 Å². The number of aryl methyl sites for hydroxylation is 1. The molecule has 0 aliphatic carbocycles. The Kier molecular flexibility index (Phi) is 6.62. The second-order valence-corrected chi connectivity index (χ2v) is 2.59. The summed E-state index contributed by atoms with van der Waals surface area (Å²) in [6.07, 6.45) is -2.17. The van der Waals surface area contributed by atoms with Gasteiger partial charge in [-0.2, -0.15) is 0 Å². The van der Waals surface area contributed by atoms with Gasteiger partial charge in [-0.1, -0.05) is 17.7 Å². The van der Waals surface area contributed by atoms with Gasteiger partial charge in [0.2, 0.25) is 13.3 Å². The van der Waals surface area contributed by atoms with Crippen molar-refractivity contribution in [2.45, 2.75) is 20.3 Å². The van der Waals surface area contributed by atoms with Crippen molar-refractivity contribution in [1.82, 2.24) is 0 Å². The van der Waals surface area contributed by atoms with E-state index in [2.05, 4.69) is 4.74 Å². The average Bonchev–Trinajstić information content (AvgIpc) is 2.08. The van der Waals surface area contributed by atoms with Gasteiger partial charge in [0.25, 0.3) is 0 Å². The van der Waals surface area contributed by atoms with Gasteiger partial charge in [0.1, 0.15) is 5.75 Å². The number of alkyl halides is 3. The fraction of sp³-hybridized carbons (Fsp3) is 0.400. The van der Waals surface area contributed by atoms with Crippen LogP contribution in [0.2, 0.25) is 0 Å². The number of hydrogen-bond donors (Lipinski definition) is 0. The molecular weight excluding hydrogens is 193 g/mol. The maximum atomic E-state index is 11.6. The predicted octanol–water partition coefficient (Wildman–Crippen LogP) is 3.57. The second-order valence-electron chi connectivity index (χ2n) is 2.59. The summed E-state index contributed by atoms with van der Waals surface area (Å²) in [5.41, 5.74) is 1.14. The predicted molar refractivity (Wildman–Crippen MR) is 49.5 cm³/mol. The van der Waals surface area contributed by atoms with Crippen molar-refractivity contribution in [2.75, 3.05) is 6.86 Å².